The highest BCUT2D eigenvalue weighted by molar-refractivity contribution is 6.04. The van der Waals surface area contributed by atoms with Gasteiger partial charge in [-0.2, -0.15) is 0 Å². The average Bonchev–Trinajstić information content (AvgIpc) is 3.19. The van der Waals surface area contributed by atoms with E-state index < -0.39 is 0 Å². The Kier molecular flexibility index (Phi) is 5.01. The summed E-state index contributed by atoms with van der Waals surface area (Å²) in [6, 6.07) is 13.6. The van der Waals surface area contributed by atoms with Gasteiger partial charge in [-0.3, -0.25) is 4.79 Å². The van der Waals surface area contributed by atoms with Crippen molar-refractivity contribution in [3.63, 3.8) is 0 Å². The van der Waals surface area contributed by atoms with Gasteiger partial charge in [-0.15, -0.1) is 0 Å². The Hall–Kier alpha value is -2.53. The Morgan fingerprint density at radius 1 is 1.17 bits per heavy atom. The predicted octanol–water partition coefficient (Wildman–Crippen LogP) is 2.61. The zero-order valence-electron chi connectivity index (χ0n) is 14.1. The van der Waals surface area contributed by atoms with Crippen molar-refractivity contribution in [3.05, 3.63) is 65.8 Å². The third-order valence-electron chi connectivity index (χ3n) is 3.94. The first-order valence-electron chi connectivity index (χ1n) is 8.03. The summed E-state index contributed by atoms with van der Waals surface area (Å²) in [7, 11) is 3.96. The smallest absolute Gasteiger partial charge is 0.290 e. The van der Waals surface area contributed by atoms with Crippen LogP contribution in [0.4, 0.5) is 0 Å². The molecule has 5 nitrogen and oxygen atoms in total. The molecule has 1 aromatic carbocycles. The fraction of sp³-hybridized carbons (Fsp3) is 0.316. The van der Waals surface area contributed by atoms with Crippen LogP contribution in [-0.2, 0) is 16.1 Å². The minimum Gasteiger partial charge on any atom is -0.486 e. The minimum absolute atomic E-state index is 0.0796. The monoisotopic (exact) mass is 326 g/mol. The summed E-state index contributed by atoms with van der Waals surface area (Å²) in [5, 5.41) is 0. The van der Waals surface area contributed by atoms with E-state index in [1.807, 2.05) is 61.5 Å². The lowest BCUT2D eigenvalue weighted by atomic mass is 10.1. The highest BCUT2D eigenvalue weighted by atomic mass is 16.5. The summed E-state index contributed by atoms with van der Waals surface area (Å²) in [5.74, 6) is 1.14. The quantitative estimate of drug-likeness (QED) is 0.785. The number of rotatable bonds is 7. The molecule has 0 spiro atoms. The van der Waals surface area contributed by atoms with Gasteiger partial charge in [0.2, 0.25) is 0 Å². The molecule has 2 heterocycles. The number of carbonyl (C=O) groups excluding carboxylic acids is 1. The standard InChI is InChI=1S/C19H22N2O3/c1-20(2)10-12-24-18-17(15-7-4-3-5-8-15)14-21(19(18)22)13-16-9-6-11-23-16/h3-9,11H,10,12-14H2,1-2H3. The normalized spacial score (nSPS) is 14.8. The molecule has 5 heteroatoms. The van der Waals surface area contributed by atoms with Crippen molar-refractivity contribution in [2.24, 2.45) is 0 Å². The van der Waals surface area contributed by atoms with Crippen molar-refractivity contribution in [2.75, 3.05) is 33.8 Å². The fourth-order valence-corrected chi connectivity index (χ4v) is 2.67. The fourth-order valence-electron chi connectivity index (χ4n) is 2.67. The zero-order chi connectivity index (χ0) is 16.9. The molecule has 0 N–H and O–H groups in total. The molecule has 0 atom stereocenters. The maximum Gasteiger partial charge on any atom is 0.290 e. The third-order valence-corrected chi connectivity index (χ3v) is 3.94. The topological polar surface area (TPSA) is 45.9 Å². The van der Waals surface area contributed by atoms with Crippen molar-refractivity contribution in [3.8, 4) is 0 Å². The van der Waals surface area contributed by atoms with Gasteiger partial charge in [-0.05, 0) is 31.8 Å². The van der Waals surface area contributed by atoms with Gasteiger partial charge in [0, 0.05) is 12.1 Å². The van der Waals surface area contributed by atoms with E-state index in [1.165, 1.54) is 0 Å². The van der Waals surface area contributed by atoms with E-state index in [4.69, 9.17) is 9.15 Å². The number of hydrogen-bond acceptors (Lipinski definition) is 4. The van der Waals surface area contributed by atoms with E-state index in [0.29, 0.717) is 25.5 Å². The van der Waals surface area contributed by atoms with Crippen molar-refractivity contribution in [1.82, 2.24) is 9.80 Å². The van der Waals surface area contributed by atoms with E-state index in [9.17, 15) is 4.79 Å². The molecular formula is C19H22N2O3. The third kappa shape index (κ3) is 3.68. The van der Waals surface area contributed by atoms with Crippen LogP contribution in [0.15, 0.2) is 58.9 Å². The highest BCUT2D eigenvalue weighted by Crippen LogP contribution is 2.29. The van der Waals surface area contributed by atoms with Crippen molar-refractivity contribution in [2.45, 2.75) is 6.54 Å². The van der Waals surface area contributed by atoms with Gasteiger partial charge >= 0.3 is 0 Å². The maximum atomic E-state index is 12.8. The molecule has 1 aliphatic heterocycles. The predicted molar refractivity (Wildman–Crippen MR) is 92.0 cm³/mol. The Labute approximate surface area is 142 Å². The Bertz CT molecular complexity index is 705. The molecule has 0 unspecified atom stereocenters. The minimum atomic E-state index is -0.0796. The number of carbonyl (C=O) groups is 1. The van der Waals surface area contributed by atoms with Crippen molar-refractivity contribution >= 4 is 11.5 Å². The van der Waals surface area contributed by atoms with Crippen LogP contribution >= 0.6 is 0 Å². The van der Waals surface area contributed by atoms with Gasteiger partial charge in [0.25, 0.3) is 5.91 Å². The maximum absolute atomic E-state index is 12.8. The Balaban J connectivity index is 1.80. The van der Waals surface area contributed by atoms with Crippen LogP contribution in [0.2, 0.25) is 0 Å². The Morgan fingerprint density at radius 2 is 1.96 bits per heavy atom. The van der Waals surface area contributed by atoms with E-state index in [2.05, 4.69) is 0 Å². The first kappa shape index (κ1) is 16.3. The molecule has 24 heavy (non-hydrogen) atoms. The lowest BCUT2D eigenvalue weighted by Crippen LogP contribution is -2.27. The van der Waals surface area contributed by atoms with E-state index in [0.717, 1.165) is 23.4 Å². The number of nitrogens with zero attached hydrogens (tertiary/aromatic N) is 2. The molecule has 126 valence electrons. The largest absolute Gasteiger partial charge is 0.486 e. The molecule has 0 aliphatic carbocycles. The van der Waals surface area contributed by atoms with E-state index in [1.54, 1.807) is 11.2 Å². The number of furan rings is 1. The summed E-state index contributed by atoms with van der Waals surface area (Å²) >= 11 is 0. The molecule has 2 aromatic rings. The van der Waals surface area contributed by atoms with Crippen LogP contribution in [0.25, 0.3) is 5.57 Å². The molecule has 0 bridgehead atoms. The summed E-state index contributed by atoms with van der Waals surface area (Å²) in [5.41, 5.74) is 1.96. The zero-order valence-corrected chi connectivity index (χ0v) is 14.1. The van der Waals surface area contributed by atoms with Crippen LogP contribution in [0.3, 0.4) is 0 Å². The molecule has 0 radical (unpaired) electrons. The Morgan fingerprint density at radius 3 is 2.62 bits per heavy atom. The van der Waals surface area contributed by atoms with E-state index >= 15 is 0 Å². The molecular weight excluding hydrogens is 304 g/mol. The van der Waals surface area contributed by atoms with Gasteiger partial charge in [-0.1, -0.05) is 30.3 Å². The van der Waals surface area contributed by atoms with Gasteiger partial charge < -0.3 is 19.0 Å². The van der Waals surface area contributed by atoms with Crippen LogP contribution < -0.4 is 0 Å². The second-order valence-corrected chi connectivity index (χ2v) is 6.07. The number of ether oxygens (including phenoxy) is 1. The molecule has 1 aromatic heterocycles. The van der Waals surface area contributed by atoms with E-state index in [-0.39, 0.29) is 5.91 Å². The summed E-state index contributed by atoms with van der Waals surface area (Å²) in [4.78, 5) is 16.6. The van der Waals surface area contributed by atoms with Crippen LogP contribution in [0.5, 0.6) is 0 Å². The SMILES string of the molecule is CN(C)CCOC1=C(c2ccccc2)CN(Cc2ccco2)C1=O. The molecule has 0 fully saturated rings. The lowest BCUT2D eigenvalue weighted by molar-refractivity contribution is -0.129. The summed E-state index contributed by atoms with van der Waals surface area (Å²) in [6.45, 7) is 2.22. The molecule has 0 saturated heterocycles. The van der Waals surface area contributed by atoms with Gasteiger partial charge in [0.05, 0.1) is 19.4 Å². The second-order valence-electron chi connectivity index (χ2n) is 6.07. The van der Waals surface area contributed by atoms with Crippen LogP contribution in [0, 0.1) is 0 Å². The number of amides is 1. The van der Waals surface area contributed by atoms with Crippen molar-refractivity contribution in [1.29, 1.82) is 0 Å². The van der Waals surface area contributed by atoms with Crippen LogP contribution in [0.1, 0.15) is 11.3 Å². The lowest BCUT2D eigenvalue weighted by Gasteiger charge is -2.15. The second kappa shape index (κ2) is 7.36. The van der Waals surface area contributed by atoms with Crippen LogP contribution in [-0.4, -0.2) is 49.5 Å². The summed E-state index contributed by atoms with van der Waals surface area (Å²) < 4.78 is 11.2. The molecule has 1 aliphatic rings. The first-order chi connectivity index (χ1) is 11.6. The first-order valence-corrected chi connectivity index (χ1v) is 8.03. The molecule has 3 rings (SSSR count). The molecule has 1 amide bonds. The van der Waals surface area contributed by atoms with Gasteiger partial charge in [0.1, 0.15) is 12.4 Å². The number of benzene rings is 1. The summed E-state index contributed by atoms with van der Waals surface area (Å²) in [6.07, 6.45) is 1.62. The highest BCUT2D eigenvalue weighted by Gasteiger charge is 2.33. The number of likely N-dealkylation sites (N-methyl/N-ethyl adjacent to an activating group) is 1. The van der Waals surface area contributed by atoms with Crippen molar-refractivity contribution < 1.29 is 13.9 Å². The number of hydrogen-bond donors (Lipinski definition) is 0. The van der Waals surface area contributed by atoms with Gasteiger partial charge in [0.15, 0.2) is 5.76 Å². The van der Waals surface area contributed by atoms with Gasteiger partial charge in [-0.25, -0.2) is 0 Å². The molecule has 0 saturated carbocycles. The average molecular weight is 326 g/mol.